The van der Waals surface area contributed by atoms with Crippen molar-refractivity contribution in [1.82, 2.24) is 50.6 Å². The van der Waals surface area contributed by atoms with Crippen molar-refractivity contribution in [3.05, 3.63) is 23.3 Å². The van der Waals surface area contributed by atoms with E-state index < -0.39 is 55.1 Å². The first-order chi connectivity index (χ1) is 17.2. The Morgan fingerprint density at radius 1 is 0.639 bits per heavy atom. The van der Waals surface area contributed by atoms with Crippen LogP contribution in [0.1, 0.15) is 61.1 Å². The highest BCUT2D eigenvalue weighted by Gasteiger charge is 2.40. The summed E-state index contributed by atoms with van der Waals surface area (Å²) in [4.78, 5) is 63.2. The molecule has 0 aliphatic carbocycles. The second-order valence-corrected chi connectivity index (χ2v) is 7.83. The summed E-state index contributed by atoms with van der Waals surface area (Å²) in [5, 5.41) is 30.5. The van der Waals surface area contributed by atoms with E-state index in [1.54, 1.807) is 13.8 Å². The Balaban J connectivity index is 1.46. The maximum atomic E-state index is 12.4. The number of amides is 4. The van der Waals surface area contributed by atoms with Crippen LogP contribution in [0.2, 0.25) is 0 Å². The lowest BCUT2D eigenvalue weighted by atomic mass is 10.2. The van der Waals surface area contributed by atoms with E-state index in [9.17, 15) is 24.0 Å². The van der Waals surface area contributed by atoms with Gasteiger partial charge in [-0.1, -0.05) is 0 Å². The molecular formula is C19H20N10O7. The van der Waals surface area contributed by atoms with Crippen molar-refractivity contribution >= 4 is 29.8 Å². The molecule has 4 heterocycles. The van der Waals surface area contributed by atoms with E-state index in [1.807, 2.05) is 0 Å². The summed E-state index contributed by atoms with van der Waals surface area (Å²) in [5.41, 5.74) is 0. The molecule has 0 N–H and O–H groups in total. The molecule has 17 heteroatoms. The van der Waals surface area contributed by atoms with Gasteiger partial charge < -0.3 is 9.47 Å². The Kier molecular flexibility index (Phi) is 7.07. The molecule has 2 fully saturated rings. The number of hydrogen-bond acceptors (Lipinski definition) is 15. The van der Waals surface area contributed by atoms with Gasteiger partial charge in [0.2, 0.25) is 23.6 Å². The number of carbonyl (C=O) groups is 5. The van der Waals surface area contributed by atoms with Crippen LogP contribution in [0.5, 0.6) is 0 Å². The first-order valence-electron chi connectivity index (χ1n) is 10.8. The SMILES string of the molecule is Cc1nnc(C(COC(=O)OCC(c2nnc(C)nn2)N2C(=O)CCC2=O)N2C(=O)CCC2=O)nn1. The third-order valence-corrected chi connectivity index (χ3v) is 5.31. The highest BCUT2D eigenvalue weighted by Crippen LogP contribution is 2.26. The van der Waals surface area contributed by atoms with Gasteiger partial charge >= 0.3 is 6.16 Å². The highest BCUT2D eigenvalue weighted by molar-refractivity contribution is 6.02. The van der Waals surface area contributed by atoms with E-state index >= 15 is 0 Å². The van der Waals surface area contributed by atoms with Gasteiger partial charge in [-0.25, -0.2) is 4.79 Å². The summed E-state index contributed by atoms with van der Waals surface area (Å²) in [7, 11) is 0. The molecular weight excluding hydrogens is 480 g/mol. The average molecular weight is 500 g/mol. The van der Waals surface area contributed by atoms with E-state index in [-0.39, 0.29) is 49.0 Å². The van der Waals surface area contributed by atoms with Crippen molar-refractivity contribution < 1.29 is 33.4 Å². The standard InChI is InChI=1S/C19H20N10O7/c1-9-20-24-17(25-21-9)11(28-13(30)3-4-14(28)31)7-35-19(34)36-8-12(18-26-22-10(2)23-27-18)29-15(32)5-6-16(29)33/h11-12H,3-8H2,1-2H3. The van der Waals surface area contributed by atoms with Gasteiger partial charge in [0.15, 0.2) is 23.3 Å². The molecule has 4 rings (SSSR count). The van der Waals surface area contributed by atoms with E-state index in [1.165, 1.54) is 0 Å². The Bertz CT molecular complexity index is 1070. The zero-order chi connectivity index (χ0) is 25.8. The Morgan fingerprint density at radius 3 is 1.25 bits per heavy atom. The van der Waals surface area contributed by atoms with Crippen molar-refractivity contribution in [3.8, 4) is 0 Å². The lowest BCUT2D eigenvalue weighted by molar-refractivity contribution is -0.143. The summed E-state index contributed by atoms with van der Waals surface area (Å²) in [6.45, 7) is 2.01. The third-order valence-electron chi connectivity index (χ3n) is 5.31. The van der Waals surface area contributed by atoms with E-state index in [0.29, 0.717) is 0 Å². The molecule has 0 radical (unpaired) electrons. The number of aromatic nitrogens is 8. The molecule has 2 saturated heterocycles. The van der Waals surface area contributed by atoms with E-state index in [2.05, 4.69) is 40.8 Å². The number of nitrogens with zero attached hydrogens (tertiary/aromatic N) is 10. The normalized spacial score (nSPS) is 17.5. The minimum absolute atomic E-state index is 0.00924. The quantitative estimate of drug-likeness (QED) is 0.304. The molecule has 17 nitrogen and oxygen atoms in total. The highest BCUT2D eigenvalue weighted by atomic mass is 16.7. The molecule has 0 spiro atoms. The van der Waals surface area contributed by atoms with Gasteiger partial charge in [0.25, 0.3) is 0 Å². The summed E-state index contributed by atoms with van der Waals surface area (Å²) >= 11 is 0. The van der Waals surface area contributed by atoms with Gasteiger partial charge in [0, 0.05) is 25.7 Å². The van der Waals surface area contributed by atoms with Gasteiger partial charge in [-0.05, 0) is 13.8 Å². The number of rotatable bonds is 8. The second-order valence-electron chi connectivity index (χ2n) is 7.83. The first-order valence-corrected chi connectivity index (χ1v) is 10.8. The summed E-state index contributed by atoms with van der Waals surface area (Å²) in [6.07, 6.45) is -1.26. The molecule has 2 aliphatic heterocycles. The van der Waals surface area contributed by atoms with Crippen LogP contribution in [0.15, 0.2) is 0 Å². The minimum Gasteiger partial charge on any atom is -0.432 e. The van der Waals surface area contributed by atoms with Crippen molar-refractivity contribution in [2.75, 3.05) is 13.2 Å². The van der Waals surface area contributed by atoms with Crippen LogP contribution in [0.25, 0.3) is 0 Å². The number of aryl methyl sites for hydroxylation is 2. The average Bonchev–Trinajstić information content (AvgIpc) is 3.37. The Hall–Kier alpha value is -4.57. The molecule has 188 valence electrons. The topological polar surface area (TPSA) is 213 Å². The van der Waals surface area contributed by atoms with Crippen LogP contribution >= 0.6 is 0 Å². The fraction of sp³-hybridized carbons (Fsp3) is 0.526. The van der Waals surface area contributed by atoms with Crippen molar-refractivity contribution in [2.24, 2.45) is 0 Å². The lowest BCUT2D eigenvalue weighted by Gasteiger charge is -2.25. The number of ether oxygens (including phenoxy) is 2. The Labute approximate surface area is 202 Å². The molecule has 2 aromatic rings. The van der Waals surface area contributed by atoms with E-state index in [0.717, 1.165) is 9.80 Å². The van der Waals surface area contributed by atoms with Crippen LogP contribution in [0.4, 0.5) is 4.79 Å². The molecule has 36 heavy (non-hydrogen) atoms. The first kappa shape index (κ1) is 24.6. The van der Waals surface area contributed by atoms with Crippen LogP contribution in [-0.4, -0.2) is 93.6 Å². The van der Waals surface area contributed by atoms with Gasteiger partial charge in [-0.15, -0.1) is 40.8 Å². The lowest BCUT2D eigenvalue weighted by Crippen LogP contribution is -2.39. The molecule has 4 amide bonds. The van der Waals surface area contributed by atoms with Crippen molar-refractivity contribution in [1.29, 1.82) is 0 Å². The van der Waals surface area contributed by atoms with Gasteiger partial charge in [0.05, 0.1) is 0 Å². The van der Waals surface area contributed by atoms with Crippen LogP contribution in [-0.2, 0) is 28.7 Å². The monoisotopic (exact) mass is 500 g/mol. The molecule has 2 aliphatic rings. The molecule has 2 unspecified atom stereocenters. The number of carbonyl (C=O) groups excluding carboxylic acids is 5. The van der Waals surface area contributed by atoms with E-state index in [4.69, 9.17) is 9.47 Å². The number of imide groups is 2. The summed E-state index contributed by atoms with van der Waals surface area (Å²) < 4.78 is 10.2. The Morgan fingerprint density at radius 2 is 0.944 bits per heavy atom. The fourth-order valence-corrected chi connectivity index (χ4v) is 3.59. The maximum absolute atomic E-state index is 12.4. The van der Waals surface area contributed by atoms with Gasteiger partial charge in [0.1, 0.15) is 25.3 Å². The number of hydrogen-bond donors (Lipinski definition) is 0. The minimum atomic E-state index is -1.22. The fourth-order valence-electron chi connectivity index (χ4n) is 3.59. The summed E-state index contributed by atoms with van der Waals surface area (Å²) in [6, 6.07) is -2.35. The van der Waals surface area contributed by atoms with Crippen LogP contribution in [0.3, 0.4) is 0 Å². The van der Waals surface area contributed by atoms with Crippen LogP contribution in [0, 0.1) is 13.8 Å². The predicted octanol–water partition coefficient (Wildman–Crippen LogP) is -1.30. The maximum Gasteiger partial charge on any atom is 0.508 e. The zero-order valence-electron chi connectivity index (χ0n) is 19.2. The molecule has 0 bridgehead atoms. The predicted molar refractivity (Wildman–Crippen MR) is 110 cm³/mol. The van der Waals surface area contributed by atoms with Crippen molar-refractivity contribution in [2.45, 2.75) is 51.6 Å². The largest absolute Gasteiger partial charge is 0.508 e. The number of likely N-dealkylation sites (tertiary alicyclic amines) is 2. The summed E-state index contributed by atoms with van der Waals surface area (Å²) in [5.74, 6) is -1.65. The van der Waals surface area contributed by atoms with Crippen molar-refractivity contribution in [3.63, 3.8) is 0 Å². The second kappa shape index (κ2) is 10.4. The van der Waals surface area contributed by atoms with Gasteiger partial charge in [-0.3, -0.25) is 29.0 Å². The zero-order valence-corrected chi connectivity index (χ0v) is 19.2. The molecule has 0 saturated carbocycles. The third kappa shape index (κ3) is 5.23. The smallest absolute Gasteiger partial charge is 0.432 e. The molecule has 2 aromatic heterocycles. The molecule has 0 aromatic carbocycles. The van der Waals surface area contributed by atoms with Gasteiger partial charge in [-0.2, -0.15) is 0 Å². The molecule has 2 atom stereocenters. The van der Waals surface area contributed by atoms with Crippen LogP contribution < -0.4 is 0 Å².